The molecule has 2 aromatic carbocycles. The molecule has 7 nitrogen and oxygen atoms in total. The summed E-state index contributed by atoms with van der Waals surface area (Å²) in [5, 5.41) is 23.4. The molecule has 0 saturated carbocycles. The van der Waals surface area contributed by atoms with Gasteiger partial charge in [-0.25, -0.2) is 4.39 Å². The Morgan fingerprint density at radius 2 is 2.00 bits per heavy atom. The normalized spacial score (nSPS) is 18.7. The standard InChI is InChI=1S/C30H36FIN2O5/c1-2-3-4-5-13-28(36)34(16-14-21-9-8-10-23(31)18-21)25-19-22(30(38)33-15-17-35)20-27(29(25)37)39-26-12-7-6-11-24(26)32/h2,6-12,18,20,25,27,29,35,37H,1,3-5,13-17,19H2,(H,33,38)/t25-,27+,29+/m1/s1. The number of aliphatic hydroxyl groups excluding tert-OH is 2. The summed E-state index contributed by atoms with van der Waals surface area (Å²) in [5.74, 6) is -0.342. The van der Waals surface area contributed by atoms with Crippen LogP contribution in [0.5, 0.6) is 5.75 Å². The molecule has 0 spiro atoms. The first-order valence-electron chi connectivity index (χ1n) is 13.2. The van der Waals surface area contributed by atoms with Crippen LogP contribution in [0.3, 0.4) is 0 Å². The summed E-state index contributed by atoms with van der Waals surface area (Å²) in [6.45, 7) is 3.84. The van der Waals surface area contributed by atoms with E-state index in [9.17, 15) is 24.2 Å². The van der Waals surface area contributed by atoms with Crippen molar-refractivity contribution in [2.24, 2.45) is 0 Å². The summed E-state index contributed by atoms with van der Waals surface area (Å²) >= 11 is 2.14. The smallest absolute Gasteiger partial charge is 0.247 e. The lowest BCUT2D eigenvalue weighted by molar-refractivity contribution is -0.138. The van der Waals surface area contributed by atoms with Crippen molar-refractivity contribution in [2.75, 3.05) is 19.7 Å². The third-order valence-corrected chi connectivity index (χ3v) is 7.51. The van der Waals surface area contributed by atoms with Crippen molar-refractivity contribution in [3.8, 4) is 5.75 Å². The van der Waals surface area contributed by atoms with Crippen LogP contribution in [0.2, 0.25) is 0 Å². The Balaban J connectivity index is 1.90. The van der Waals surface area contributed by atoms with E-state index in [-0.39, 0.29) is 50.2 Å². The van der Waals surface area contributed by atoms with E-state index in [1.54, 1.807) is 29.2 Å². The van der Waals surface area contributed by atoms with E-state index in [1.165, 1.54) is 12.1 Å². The summed E-state index contributed by atoms with van der Waals surface area (Å²) in [4.78, 5) is 28.1. The lowest BCUT2D eigenvalue weighted by Crippen LogP contribution is -2.55. The molecule has 9 heteroatoms. The van der Waals surface area contributed by atoms with Gasteiger partial charge in [0.25, 0.3) is 0 Å². The highest BCUT2D eigenvalue weighted by atomic mass is 127. The monoisotopic (exact) mass is 650 g/mol. The Kier molecular flexibility index (Phi) is 12.4. The van der Waals surface area contributed by atoms with Crippen LogP contribution in [0.15, 0.2) is 72.8 Å². The molecule has 0 heterocycles. The molecular formula is C30H36FIN2O5. The minimum Gasteiger partial charge on any atom is -0.482 e. The van der Waals surface area contributed by atoms with E-state index in [1.807, 2.05) is 24.3 Å². The number of carbonyl (C=O) groups is 2. The average molecular weight is 651 g/mol. The van der Waals surface area contributed by atoms with Crippen LogP contribution in [-0.4, -0.2) is 64.9 Å². The number of nitrogens with zero attached hydrogens (tertiary/aromatic N) is 1. The number of ether oxygens (including phenoxy) is 1. The third kappa shape index (κ3) is 9.15. The highest BCUT2D eigenvalue weighted by Gasteiger charge is 2.40. The molecule has 0 aromatic heterocycles. The number of carbonyl (C=O) groups excluding carboxylic acids is 2. The van der Waals surface area contributed by atoms with Gasteiger partial charge in [0.2, 0.25) is 11.8 Å². The van der Waals surface area contributed by atoms with Crippen molar-refractivity contribution in [3.05, 3.63) is 87.8 Å². The zero-order chi connectivity index (χ0) is 28.2. The van der Waals surface area contributed by atoms with Gasteiger partial charge in [0.1, 0.15) is 23.8 Å². The van der Waals surface area contributed by atoms with Crippen LogP contribution in [0, 0.1) is 9.39 Å². The maximum Gasteiger partial charge on any atom is 0.247 e. The molecule has 2 amide bonds. The number of aliphatic hydroxyl groups is 2. The summed E-state index contributed by atoms with van der Waals surface area (Å²) in [7, 11) is 0. The fraction of sp³-hybridized carbons (Fsp3) is 0.400. The second-order valence-corrected chi connectivity index (χ2v) is 10.6. The van der Waals surface area contributed by atoms with Gasteiger partial charge >= 0.3 is 0 Å². The summed E-state index contributed by atoms with van der Waals surface area (Å²) in [6, 6.07) is 12.8. The zero-order valence-electron chi connectivity index (χ0n) is 21.9. The fourth-order valence-electron chi connectivity index (χ4n) is 4.59. The van der Waals surface area contributed by atoms with Gasteiger partial charge in [-0.1, -0.05) is 30.3 Å². The number of para-hydroxylation sites is 1. The lowest BCUT2D eigenvalue weighted by Gasteiger charge is -2.40. The van der Waals surface area contributed by atoms with E-state index in [2.05, 4.69) is 34.5 Å². The minimum absolute atomic E-state index is 0.0804. The number of benzene rings is 2. The van der Waals surface area contributed by atoms with Crippen molar-refractivity contribution in [1.29, 1.82) is 0 Å². The van der Waals surface area contributed by atoms with Crippen LogP contribution in [0.4, 0.5) is 4.39 Å². The maximum atomic E-state index is 13.8. The Hall–Kier alpha value is -2.76. The van der Waals surface area contributed by atoms with Gasteiger partial charge in [-0.15, -0.1) is 6.58 Å². The third-order valence-electron chi connectivity index (χ3n) is 6.61. The van der Waals surface area contributed by atoms with E-state index < -0.39 is 18.2 Å². The van der Waals surface area contributed by atoms with Gasteiger partial charge in [0.15, 0.2) is 0 Å². The van der Waals surface area contributed by atoms with Gasteiger partial charge in [-0.2, -0.15) is 0 Å². The summed E-state index contributed by atoms with van der Waals surface area (Å²) in [5.41, 5.74) is 1.10. The molecule has 3 atom stereocenters. The average Bonchev–Trinajstić information content (AvgIpc) is 2.92. The highest BCUT2D eigenvalue weighted by Crippen LogP contribution is 2.30. The molecule has 39 heavy (non-hydrogen) atoms. The molecule has 3 rings (SSSR count). The van der Waals surface area contributed by atoms with Crippen molar-refractivity contribution >= 4 is 34.4 Å². The molecule has 0 radical (unpaired) electrons. The molecule has 1 aliphatic rings. The van der Waals surface area contributed by atoms with Crippen LogP contribution >= 0.6 is 22.6 Å². The predicted molar refractivity (Wildman–Crippen MR) is 157 cm³/mol. The van der Waals surface area contributed by atoms with Gasteiger partial charge < -0.3 is 25.2 Å². The van der Waals surface area contributed by atoms with E-state index in [0.717, 1.165) is 22.0 Å². The Labute approximate surface area is 242 Å². The molecule has 0 bridgehead atoms. The molecule has 0 aliphatic heterocycles. The van der Waals surface area contributed by atoms with E-state index in [4.69, 9.17) is 4.74 Å². The van der Waals surface area contributed by atoms with Crippen molar-refractivity contribution in [3.63, 3.8) is 0 Å². The van der Waals surface area contributed by atoms with Crippen LogP contribution in [-0.2, 0) is 16.0 Å². The van der Waals surface area contributed by atoms with Crippen molar-refractivity contribution < 1.29 is 28.9 Å². The molecule has 3 N–H and O–H groups in total. The molecular weight excluding hydrogens is 614 g/mol. The van der Waals surface area contributed by atoms with Crippen LogP contribution < -0.4 is 10.1 Å². The maximum absolute atomic E-state index is 13.8. The number of hydrogen-bond donors (Lipinski definition) is 3. The van der Waals surface area contributed by atoms with E-state index in [0.29, 0.717) is 24.2 Å². The SMILES string of the molecule is C=CCCCCC(=O)N(CCc1cccc(F)c1)[C@@H]1CC(C(=O)NCCO)=C[C@H](Oc2ccccc2I)[C@H]1O. The number of hydrogen-bond acceptors (Lipinski definition) is 5. The van der Waals surface area contributed by atoms with E-state index >= 15 is 0 Å². The first-order valence-corrected chi connectivity index (χ1v) is 14.3. The largest absolute Gasteiger partial charge is 0.482 e. The zero-order valence-corrected chi connectivity index (χ0v) is 24.1. The number of unbranched alkanes of at least 4 members (excludes halogenated alkanes) is 2. The lowest BCUT2D eigenvalue weighted by atomic mass is 9.87. The predicted octanol–water partition coefficient (Wildman–Crippen LogP) is 4.16. The Morgan fingerprint density at radius 1 is 1.21 bits per heavy atom. The Bertz CT molecular complexity index is 1160. The summed E-state index contributed by atoms with van der Waals surface area (Å²) < 4.78 is 20.8. The first-order chi connectivity index (χ1) is 18.8. The molecule has 0 unspecified atom stereocenters. The van der Waals surface area contributed by atoms with Crippen LogP contribution in [0.1, 0.15) is 37.7 Å². The van der Waals surface area contributed by atoms with Gasteiger partial charge in [0, 0.05) is 31.5 Å². The molecule has 0 saturated heterocycles. The van der Waals surface area contributed by atoms with Gasteiger partial charge in [-0.3, -0.25) is 9.59 Å². The minimum atomic E-state index is -1.11. The second kappa shape index (κ2) is 15.7. The van der Waals surface area contributed by atoms with Crippen molar-refractivity contribution in [1.82, 2.24) is 10.2 Å². The fourth-order valence-corrected chi connectivity index (χ4v) is 5.11. The molecule has 1 aliphatic carbocycles. The number of amides is 2. The molecule has 0 fully saturated rings. The number of nitrogens with one attached hydrogen (secondary N) is 1. The molecule has 2 aromatic rings. The number of rotatable bonds is 14. The highest BCUT2D eigenvalue weighted by molar-refractivity contribution is 14.1. The van der Waals surface area contributed by atoms with Gasteiger partial charge in [-0.05, 0) is 84.2 Å². The first kappa shape index (κ1) is 30.8. The van der Waals surface area contributed by atoms with Crippen molar-refractivity contribution in [2.45, 2.75) is 56.8 Å². The Morgan fingerprint density at radius 3 is 2.72 bits per heavy atom. The quantitative estimate of drug-likeness (QED) is 0.162. The van der Waals surface area contributed by atoms with Crippen LogP contribution in [0.25, 0.3) is 0 Å². The van der Waals surface area contributed by atoms with Gasteiger partial charge in [0.05, 0.1) is 16.2 Å². The number of allylic oxidation sites excluding steroid dienone is 1. The number of halogens is 2. The molecule has 210 valence electrons. The second-order valence-electron chi connectivity index (χ2n) is 9.45. The summed E-state index contributed by atoms with van der Waals surface area (Å²) in [6.07, 6.45) is 4.45. The topological polar surface area (TPSA) is 99.1 Å².